The minimum atomic E-state index is -5.09. The molecule has 1 aromatic heterocycles. The molecule has 1 aliphatic heterocycles. The van der Waals surface area contributed by atoms with Crippen LogP contribution in [-0.4, -0.2) is 24.6 Å². The fraction of sp³-hybridized carbons (Fsp3) is 0.500. The van der Waals surface area contributed by atoms with Gasteiger partial charge < -0.3 is 22.3 Å². The number of rotatable bonds is 2. The first-order chi connectivity index (χ1) is 7.95. The van der Waals surface area contributed by atoms with Crippen LogP contribution in [0, 0.1) is 0 Å². The highest BCUT2D eigenvalue weighted by Gasteiger charge is 2.34. The number of carbonyl (C=O) groups is 1. The van der Waals surface area contributed by atoms with Gasteiger partial charge in [-0.15, -0.1) is 0 Å². The number of carbonyl (C=O) groups excluding carboxylic acids is 1. The van der Waals surface area contributed by atoms with Crippen LogP contribution in [0.4, 0.5) is 12.9 Å². The molecule has 2 rings (SSSR count). The Labute approximate surface area is 96.6 Å². The monoisotopic (exact) mass is 246 g/mol. The van der Waals surface area contributed by atoms with Crippen LogP contribution in [0.25, 0.3) is 0 Å². The van der Waals surface area contributed by atoms with Crippen molar-refractivity contribution in [1.29, 1.82) is 0 Å². The van der Waals surface area contributed by atoms with Crippen LogP contribution < -0.4 is 5.59 Å². The lowest BCUT2D eigenvalue weighted by atomic mass is 9.85. The van der Waals surface area contributed by atoms with Crippen molar-refractivity contribution in [1.82, 2.24) is 4.57 Å². The average molecular weight is 246 g/mol. The summed E-state index contributed by atoms with van der Waals surface area (Å²) < 4.78 is 44.3. The summed E-state index contributed by atoms with van der Waals surface area (Å²) in [5.41, 5.74) is -0.182. The minimum absolute atomic E-state index is 0.0569. The normalized spacial score (nSPS) is 15.5. The van der Waals surface area contributed by atoms with Gasteiger partial charge in [0, 0.05) is 12.2 Å². The number of ether oxygens (including phenoxy) is 1. The first-order valence-corrected chi connectivity index (χ1v) is 5.45. The molecule has 3 nitrogen and oxygen atoms in total. The second-order valence-electron chi connectivity index (χ2n) is 4.10. The van der Waals surface area contributed by atoms with Crippen molar-refractivity contribution in [2.24, 2.45) is 0 Å². The Balaban J connectivity index is 2.55. The molecule has 2 heterocycles. The quantitative estimate of drug-likeness (QED) is 0.587. The van der Waals surface area contributed by atoms with Gasteiger partial charge in [-0.05, 0) is 24.9 Å². The zero-order valence-corrected chi connectivity index (χ0v) is 9.38. The third kappa shape index (κ3) is 2.05. The van der Waals surface area contributed by atoms with Gasteiger partial charge in [0.05, 0.1) is 12.7 Å². The zero-order valence-electron chi connectivity index (χ0n) is 9.38. The molecular formula is C10H12BF3NO2-. The van der Waals surface area contributed by atoms with Gasteiger partial charge in [0.1, 0.15) is 0 Å². The van der Waals surface area contributed by atoms with Crippen LogP contribution in [0.3, 0.4) is 0 Å². The summed E-state index contributed by atoms with van der Waals surface area (Å²) in [7, 11) is 1.17. The summed E-state index contributed by atoms with van der Waals surface area (Å²) in [5, 5.41) is 0. The topological polar surface area (TPSA) is 31.2 Å². The van der Waals surface area contributed by atoms with Crippen LogP contribution in [0.1, 0.15) is 28.9 Å². The second kappa shape index (κ2) is 4.12. The predicted molar refractivity (Wildman–Crippen MR) is 57.4 cm³/mol. The molecule has 0 bridgehead atoms. The van der Waals surface area contributed by atoms with E-state index in [1.807, 2.05) is 0 Å². The van der Waals surface area contributed by atoms with Crippen molar-refractivity contribution in [2.45, 2.75) is 25.8 Å². The molecular weight excluding hydrogens is 234 g/mol. The molecule has 94 valence electrons. The molecule has 0 aromatic carbocycles. The maximum Gasteiger partial charge on any atom is 0.525 e. The lowest BCUT2D eigenvalue weighted by Gasteiger charge is -2.23. The van der Waals surface area contributed by atoms with Crippen molar-refractivity contribution in [3.63, 3.8) is 0 Å². The van der Waals surface area contributed by atoms with E-state index in [-0.39, 0.29) is 5.56 Å². The molecule has 0 N–H and O–H groups in total. The Hall–Kier alpha value is -1.40. The number of aromatic nitrogens is 1. The van der Waals surface area contributed by atoms with Crippen LogP contribution in [0.15, 0.2) is 6.07 Å². The highest BCUT2D eigenvalue weighted by molar-refractivity contribution is 6.73. The fourth-order valence-corrected chi connectivity index (χ4v) is 2.26. The summed E-state index contributed by atoms with van der Waals surface area (Å²) >= 11 is 0. The summed E-state index contributed by atoms with van der Waals surface area (Å²) in [6, 6.07) is 0.923. The van der Waals surface area contributed by atoms with E-state index >= 15 is 0 Å². The van der Waals surface area contributed by atoms with Gasteiger partial charge in [-0.3, -0.25) is 0 Å². The minimum Gasteiger partial charge on any atom is -0.465 e. The molecule has 0 spiro atoms. The number of fused-ring (bicyclic) bond motifs is 1. The molecule has 0 aliphatic carbocycles. The van der Waals surface area contributed by atoms with Crippen LogP contribution in [0.5, 0.6) is 0 Å². The standard InChI is InChI=1S/C10H12BF3NO2/c1-17-10(16)7-6-9(11(12,13)14)15-5-3-2-4-8(7)15/h6H,2-5H2,1H3/q-1. The molecule has 0 amide bonds. The Bertz CT molecular complexity index is 453. The van der Waals surface area contributed by atoms with Gasteiger partial charge >= 0.3 is 12.9 Å². The Kier molecular flexibility index (Phi) is 2.93. The summed E-state index contributed by atoms with van der Waals surface area (Å²) in [4.78, 5) is 11.4. The summed E-state index contributed by atoms with van der Waals surface area (Å²) in [5.74, 6) is -0.693. The van der Waals surface area contributed by atoms with E-state index in [9.17, 15) is 17.7 Å². The molecule has 1 aromatic rings. The summed E-state index contributed by atoms with van der Waals surface area (Å²) in [6.07, 6.45) is 2.01. The first-order valence-electron chi connectivity index (χ1n) is 5.45. The molecule has 0 fully saturated rings. The van der Waals surface area contributed by atoms with Crippen molar-refractivity contribution in [2.75, 3.05) is 7.11 Å². The van der Waals surface area contributed by atoms with Gasteiger partial charge in [0.25, 0.3) is 0 Å². The van der Waals surface area contributed by atoms with E-state index in [2.05, 4.69) is 4.74 Å². The van der Waals surface area contributed by atoms with E-state index in [1.54, 1.807) is 0 Å². The van der Waals surface area contributed by atoms with Crippen molar-refractivity contribution in [3.8, 4) is 0 Å². The SMILES string of the molecule is COC(=O)c1cc([B-](F)(F)F)n2c1CCCC2. The van der Waals surface area contributed by atoms with E-state index < -0.39 is 18.5 Å². The van der Waals surface area contributed by atoms with Crippen LogP contribution in [-0.2, 0) is 17.7 Å². The molecule has 0 radical (unpaired) electrons. The number of halogens is 3. The van der Waals surface area contributed by atoms with Crippen molar-refractivity contribution >= 4 is 18.5 Å². The van der Waals surface area contributed by atoms with E-state index in [1.165, 1.54) is 11.7 Å². The molecule has 0 saturated heterocycles. The van der Waals surface area contributed by atoms with Crippen LogP contribution >= 0.6 is 0 Å². The van der Waals surface area contributed by atoms with Crippen molar-refractivity contribution < 1.29 is 22.5 Å². The largest absolute Gasteiger partial charge is 0.525 e. The van der Waals surface area contributed by atoms with E-state index in [0.717, 1.165) is 12.5 Å². The first kappa shape index (κ1) is 12.1. The lowest BCUT2D eigenvalue weighted by Crippen LogP contribution is -2.41. The fourth-order valence-electron chi connectivity index (χ4n) is 2.26. The highest BCUT2D eigenvalue weighted by atomic mass is 19.4. The second-order valence-corrected chi connectivity index (χ2v) is 4.10. The third-order valence-electron chi connectivity index (χ3n) is 3.03. The lowest BCUT2D eigenvalue weighted by molar-refractivity contribution is 0.0599. The van der Waals surface area contributed by atoms with E-state index in [4.69, 9.17) is 0 Å². The smallest absolute Gasteiger partial charge is 0.465 e. The van der Waals surface area contributed by atoms with Gasteiger partial charge in [-0.1, -0.05) is 6.07 Å². The van der Waals surface area contributed by atoms with E-state index in [0.29, 0.717) is 25.1 Å². The Morgan fingerprint density at radius 3 is 2.71 bits per heavy atom. The number of nitrogens with zero attached hydrogens (tertiary/aromatic N) is 1. The third-order valence-corrected chi connectivity index (χ3v) is 3.03. The molecule has 0 unspecified atom stereocenters. The molecule has 0 saturated carbocycles. The molecule has 1 aliphatic rings. The zero-order chi connectivity index (χ0) is 12.6. The summed E-state index contributed by atoms with van der Waals surface area (Å²) in [6.45, 7) is -4.77. The number of hydrogen-bond donors (Lipinski definition) is 0. The predicted octanol–water partition coefficient (Wildman–Crippen LogP) is 1.67. The van der Waals surface area contributed by atoms with Gasteiger partial charge in [0.2, 0.25) is 0 Å². The number of hydrogen-bond acceptors (Lipinski definition) is 2. The Morgan fingerprint density at radius 1 is 1.41 bits per heavy atom. The Morgan fingerprint density at radius 2 is 2.12 bits per heavy atom. The molecule has 0 atom stereocenters. The van der Waals surface area contributed by atoms with Gasteiger partial charge in [-0.2, -0.15) is 0 Å². The van der Waals surface area contributed by atoms with Crippen LogP contribution in [0.2, 0.25) is 0 Å². The molecule has 7 heteroatoms. The maximum atomic E-state index is 12.8. The molecule has 17 heavy (non-hydrogen) atoms. The average Bonchev–Trinajstić information content (AvgIpc) is 2.67. The highest BCUT2D eigenvalue weighted by Crippen LogP contribution is 2.23. The number of esters is 1. The van der Waals surface area contributed by atoms with Crippen molar-refractivity contribution in [3.05, 3.63) is 17.3 Å². The maximum absolute atomic E-state index is 12.8. The van der Waals surface area contributed by atoms with Gasteiger partial charge in [0.15, 0.2) is 0 Å². The number of methoxy groups -OCH3 is 1. The van der Waals surface area contributed by atoms with Gasteiger partial charge in [-0.25, -0.2) is 4.79 Å².